The van der Waals surface area contributed by atoms with Gasteiger partial charge in [0.05, 0.1) is 0 Å². The summed E-state index contributed by atoms with van der Waals surface area (Å²) in [4.78, 5) is 23.1. The average molecular weight is 413 g/mol. The average Bonchev–Trinajstić information content (AvgIpc) is 2.70. The Hall–Kier alpha value is -1.10. The molecule has 29 heavy (non-hydrogen) atoms. The van der Waals surface area contributed by atoms with Crippen LogP contribution in [-0.4, -0.2) is 29.6 Å². The predicted molar refractivity (Wildman–Crippen MR) is 122 cm³/mol. The van der Waals surface area contributed by atoms with Crippen LogP contribution >= 0.6 is 0 Å². The number of hydrogen-bond acceptors (Lipinski definition) is 3. The van der Waals surface area contributed by atoms with Crippen molar-refractivity contribution < 1.29 is 14.7 Å². The highest BCUT2D eigenvalue weighted by molar-refractivity contribution is 5.83. The summed E-state index contributed by atoms with van der Waals surface area (Å²) in [6.45, 7) is 2.82. The Morgan fingerprint density at radius 1 is 0.724 bits per heavy atom. The van der Waals surface area contributed by atoms with E-state index < -0.39 is 12.0 Å². The fraction of sp³-hybridized carbons (Fsp3) is 0.917. The van der Waals surface area contributed by atoms with Crippen LogP contribution in [0.2, 0.25) is 0 Å². The molecule has 4 N–H and O–H groups in total. The molecule has 0 radical (unpaired) electrons. The van der Waals surface area contributed by atoms with Crippen LogP contribution in [-0.2, 0) is 9.59 Å². The van der Waals surface area contributed by atoms with E-state index in [1.54, 1.807) is 0 Å². The molecule has 0 aromatic carbocycles. The van der Waals surface area contributed by atoms with Gasteiger partial charge < -0.3 is 16.2 Å². The van der Waals surface area contributed by atoms with E-state index in [1.807, 2.05) is 0 Å². The maximum absolute atomic E-state index is 11.9. The zero-order chi connectivity index (χ0) is 21.6. The SMILES string of the molecule is CCCCCCCCCCCCCCCCCC(=O)N[C@@H](CCCCN)C(=O)O. The molecule has 1 amide bonds. The fourth-order valence-electron chi connectivity index (χ4n) is 3.67. The molecule has 0 aliphatic heterocycles. The smallest absolute Gasteiger partial charge is 0.326 e. The molecule has 0 aromatic heterocycles. The van der Waals surface area contributed by atoms with Crippen LogP contribution in [0.5, 0.6) is 0 Å². The Balaban J connectivity index is 3.42. The Kier molecular flexibility index (Phi) is 20.8. The fourth-order valence-corrected chi connectivity index (χ4v) is 3.67. The summed E-state index contributed by atoms with van der Waals surface area (Å²) in [5.41, 5.74) is 5.43. The van der Waals surface area contributed by atoms with E-state index in [1.165, 1.54) is 83.5 Å². The first-order valence-corrected chi connectivity index (χ1v) is 12.3. The second-order valence-electron chi connectivity index (χ2n) is 8.44. The Bertz CT molecular complexity index is 388. The number of carboxylic acids is 1. The molecule has 0 aliphatic carbocycles. The zero-order valence-electron chi connectivity index (χ0n) is 19.1. The van der Waals surface area contributed by atoms with E-state index in [2.05, 4.69) is 12.2 Å². The third-order valence-corrected chi connectivity index (χ3v) is 5.59. The lowest BCUT2D eigenvalue weighted by molar-refractivity contribution is -0.142. The van der Waals surface area contributed by atoms with Crippen molar-refractivity contribution in [2.45, 2.75) is 135 Å². The van der Waals surface area contributed by atoms with Gasteiger partial charge in [0.2, 0.25) is 5.91 Å². The van der Waals surface area contributed by atoms with Gasteiger partial charge >= 0.3 is 5.97 Å². The lowest BCUT2D eigenvalue weighted by atomic mass is 10.0. The van der Waals surface area contributed by atoms with Crippen molar-refractivity contribution in [2.24, 2.45) is 5.73 Å². The van der Waals surface area contributed by atoms with Crippen molar-refractivity contribution >= 4 is 11.9 Å². The number of carbonyl (C=O) groups is 2. The highest BCUT2D eigenvalue weighted by atomic mass is 16.4. The van der Waals surface area contributed by atoms with Gasteiger partial charge in [-0.25, -0.2) is 4.79 Å². The van der Waals surface area contributed by atoms with E-state index in [0.29, 0.717) is 19.4 Å². The Labute approximate surface area is 179 Å². The maximum Gasteiger partial charge on any atom is 0.326 e. The predicted octanol–water partition coefficient (Wildman–Crippen LogP) is 5.95. The van der Waals surface area contributed by atoms with Crippen molar-refractivity contribution in [1.29, 1.82) is 0 Å². The number of aliphatic carboxylic acids is 1. The topological polar surface area (TPSA) is 92.4 Å². The van der Waals surface area contributed by atoms with Gasteiger partial charge in [0, 0.05) is 6.42 Å². The largest absolute Gasteiger partial charge is 0.480 e. The highest BCUT2D eigenvalue weighted by Gasteiger charge is 2.18. The summed E-state index contributed by atoms with van der Waals surface area (Å²) in [5, 5.41) is 11.8. The Morgan fingerprint density at radius 2 is 1.17 bits per heavy atom. The molecular formula is C24H48N2O3. The molecule has 5 heteroatoms. The van der Waals surface area contributed by atoms with Gasteiger partial charge in [-0.05, 0) is 32.2 Å². The molecule has 0 aliphatic rings. The number of carboxylic acid groups (broad SMARTS) is 1. The van der Waals surface area contributed by atoms with E-state index >= 15 is 0 Å². The van der Waals surface area contributed by atoms with Crippen molar-refractivity contribution in [3.63, 3.8) is 0 Å². The summed E-state index contributed by atoms with van der Waals surface area (Å²) in [6.07, 6.45) is 21.8. The second kappa shape index (κ2) is 21.6. The normalized spacial score (nSPS) is 12.1. The van der Waals surface area contributed by atoms with Crippen LogP contribution < -0.4 is 11.1 Å². The minimum absolute atomic E-state index is 0.139. The molecular weight excluding hydrogens is 364 g/mol. The second-order valence-corrected chi connectivity index (χ2v) is 8.44. The molecule has 0 bridgehead atoms. The number of rotatable bonds is 22. The first-order valence-electron chi connectivity index (χ1n) is 12.3. The molecule has 172 valence electrons. The molecule has 5 nitrogen and oxygen atoms in total. The summed E-state index contributed by atoms with van der Waals surface area (Å²) in [5.74, 6) is -1.09. The number of nitrogens with one attached hydrogen (secondary N) is 1. The minimum Gasteiger partial charge on any atom is -0.480 e. The van der Waals surface area contributed by atoms with Gasteiger partial charge in [-0.3, -0.25) is 4.79 Å². The standard InChI is InChI=1S/C24H48N2O3/c1-2-3-4-5-6-7-8-9-10-11-12-13-14-15-16-20-23(27)26-22(24(28)29)19-17-18-21-25/h22H,2-21,25H2,1H3,(H,26,27)(H,28,29)/t22-/m0/s1. The first-order chi connectivity index (χ1) is 14.1. The van der Waals surface area contributed by atoms with Crippen LogP contribution in [0.3, 0.4) is 0 Å². The van der Waals surface area contributed by atoms with Gasteiger partial charge in [0.15, 0.2) is 0 Å². The van der Waals surface area contributed by atoms with E-state index in [4.69, 9.17) is 5.73 Å². The van der Waals surface area contributed by atoms with Gasteiger partial charge in [0.1, 0.15) is 6.04 Å². The van der Waals surface area contributed by atoms with Crippen LogP contribution in [0.15, 0.2) is 0 Å². The summed E-state index contributed by atoms with van der Waals surface area (Å²) >= 11 is 0. The molecule has 0 aromatic rings. The van der Waals surface area contributed by atoms with Crippen LogP contribution in [0.1, 0.15) is 129 Å². The van der Waals surface area contributed by atoms with Crippen molar-refractivity contribution in [3.8, 4) is 0 Å². The number of unbranched alkanes of at least 4 members (excludes halogenated alkanes) is 15. The van der Waals surface area contributed by atoms with Crippen molar-refractivity contribution in [2.75, 3.05) is 6.54 Å². The Morgan fingerprint density at radius 3 is 1.59 bits per heavy atom. The quantitative estimate of drug-likeness (QED) is 0.192. The van der Waals surface area contributed by atoms with E-state index in [-0.39, 0.29) is 5.91 Å². The molecule has 0 heterocycles. The third kappa shape index (κ3) is 20.0. The summed E-state index contributed by atoms with van der Waals surface area (Å²) in [6, 6.07) is -0.773. The minimum atomic E-state index is -0.952. The van der Waals surface area contributed by atoms with Gasteiger partial charge in [-0.15, -0.1) is 0 Å². The van der Waals surface area contributed by atoms with E-state index in [9.17, 15) is 14.7 Å². The van der Waals surface area contributed by atoms with Gasteiger partial charge in [-0.1, -0.05) is 96.8 Å². The molecule has 0 saturated carbocycles. The molecule has 1 atom stereocenters. The van der Waals surface area contributed by atoms with Crippen molar-refractivity contribution in [1.82, 2.24) is 5.32 Å². The lowest BCUT2D eigenvalue weighted by Crippen LogP contribution is -2.40. The van der Waals surface area contributed by atoms with E-state index in [0.717, 1.165) is 25.7 Å². The lowest BCUT2D eigenvalue weighted by Gasteiger charge is -2.14. The number of nitrogens with two attached hydrogens (primary N) is 1. The van der Waals surface area contributed by atoms with Crippen molar-refractivity contribution in [3.05, 3.63) is 0 Å². The monoisotopic (exact) mass is 412 g/mol. The number of carbonyl (C=O) groups excluding carboxylic acids is 1. The number of hydrogen-bond donors (Lipinski definition) is 3. The molecule has 0 spiro atoms. The van der Waals surface area contributed by atoms with Crippen LogP contribution in [0.25, 0.3) is 0 Å². The van der Waals surface area contributed by atoms with Gasteiger partial charge in [0.25, 0.3) is 0 Å². The number of amides is 1. The van der Waals surface area contributed by atoms with Crippen LogP contribution in [0, 0.1) is 0 Å². The molecule has 0 saturated heterocycles. The van der Waals surface area contributed by atoms with Gasteiger partial charge in [-0.2, -0.15) is 0 Å². The molecule has 0 fully saturated rings. The third-order valence-electron chi connectivity index (χ3n) is 5.59. The zero-order valence-corrected chi connectivity index (χ0v) is 19.1. The first kappa shape index (κ1) is 27.9. The van der Waals surface area contributed by atoms with Crippen LogP contribution in [0.4, 0.5) is 0 Å². The summed E-state index contributed by atoms with van der Waals surface area (Å²) in [7, 11) is 0. The summed E-state index contributed by atoms with van der Waals surface area (Å²) < 4.78 is 0. The molecule has 0 rings (SSSR count). The highest BCUT2D eigenvalue weighted by Crippen LogP contribution is 2.13. The molecule has 0 unspecified atom stereocenters. The maximum atomic E-state index is 11.9.